The molecule has 5 nitrogen and oxygen atoms in total. The summed E-state index contributed by atoms with van der Waals surface area (Å²) in [6.45, 7) is 4.87. The Morgan fingerprint density at radius 3 is 2.04 bits per heavy atom. The highest BCUT2D eigenvalue weighted by Gasteiger charge is 2.07. The highest BCUT2D eigenvalue weighted by Crippen LogP contribution is 2.11. The minimum Gasteiger partial charge on any atom is -0.355 e. The SMILES string of the molecule is CC(C)Cc1ccc(CC(=O)NCCc2ccc(S(N)(=O)=O)cc2)cc1. The van der Waals surface area contributed by atoms with Gasteiger partial charge in [0.15, 0.2) is 0 Å². The van der Waals surface area contributed by atoms with E-state index in [-0.39, 0.29) is 10.8 Å². The predicted molar refractivity (Wildman–Crippen MR) is 103 cm³/mol. The topological polar surface area (TPSA) is 89.3 Å². The molecule has 2 aromatic carbocycles. The molecule has 0 saturated heterocycles. The van der Waals surface area contributed by atoms with Crippen LogP contribution in [0.3, 0.4) is 0 Å². The van der Waals surface area contributed by atoms with Gasteiger partial charge in [-0.15, -0.1) is 0 Å². The molecule has 0 aliphatic heterocycles. The Kier molecular flexibility index (Phi) is 6.94. The summed E-state index contributed by atoms with van der Waals surface area (Å²) in [5, 5.41) is 7.96. The van der Waals surface area contributed by atoms with Crippen LogP contribution in [0.2, 0.25) is 0 Å². The lowest BCUT2D eigenvalue weighted by atomic mass is 10.0. The Morgan fingerprint density at radius 2 is 1.50 bits per heavy atom. The first-order valence-electron chi connectivity index (χ1n) is 8.70. The molecule has 140 valence electrons. The second kappa shape index (κ2) is 8.96. The quantitative estimate of drug-likeness (QED) is 0.744. The third-order valence-corrected chi connectivity index (χ3v) is 4.95. The summed E-state index contributed by atoms with van der Waals surface area (Å²) in [6, 6.07) is 14.5. The average molecular weight is 375 g/mol. The fourth-order valence-corrected chi connectivity index (χ4v) is 3.22. The van der Waals surface area contributed by atoms with Crippen LogP contribution in [0, 0.1) is 5.92 Å². The lowest BCUT2D eigenvalue weighted by molar-refractivity contribution is -0.120. The average Bonchev–Trinajstić information content (AvgIpc) is 2.56. The van der Waals surface area contributed by atoms with Gasteiger partial charge in [0.1, 0.15) is 0 Å². The number of sulfonamides is 1. The minimum atomic E-state index is -3.67. The van der Waals surface area contributed by atoms with Gasteiger partial charge < -0.3 is 5.32 Å². The Hall–Kier alpha value is -2.18. The first-order chi connectivity index (χ1) is 12.2. The lowest BCUT2D eigenvalue weighted by Crippen LogP contribution is -2.27. The summed E-state index contributed by atoms with van der Waals surface area (Å²) in [5.74, 6) is 0.589. The number of primary sulfonamides is 1. The number of nitrogens with one attached hydrogen (secondary N) is 1. The van der Waals surface area contributed by atoms with E-state index in [1.807, 2.05) is 12.1 Å². The van der Waals surface area contributed by atoms with Crippen LogP contribution in [0.15, 0.2) is 53.4 Å². The molecule has 1 amide bonds. The molecule has 0 bridgehead atoms. The number of benzene rings is 2. The monoisotopic (exact) mass is 374 g/mol. The van der Waals surface area contributed by atoms with E-state index in [0.717, 1.165) is 17.5 Å². The number of rotatable bonds is 8. The molecule has 0 saturated carbocycles. The van der Waals surface area contributed by atoms with Crippen molar-refractivity contribution < 1.29 is 13.2 Å². The maximum Gasteiger partial charge on any atom is 0.238 e. The van der Waals surface area contributed by atoms with Crippen molar-refractivity contribution in [2.24, 2.45) is 11.1 Å². The Bertz CT molecular complexity index is 826. The van der Waals surface area contributed by atoms with E-state index in [1.54, 1.807) is 12.1 Å². The fourth-order valence-electron chi connectivity index (χ4n) is 2.70. The Balaban J connectivity index is 1.78. The number of hydrogen-bond acceptors (Lipinski definition) is 3. The molecule has 0 aliphatic carbocycles. The molecular weight excluding hydrogens is 348 g/mol. The van der Waals surface area contributed by atoms with Gasteiger partial charge >= 0.3 is 0 Å². The van der Waals surface area contributed by atoms with Crippen molar-refractivity contribution >= 4 is 15.9 Å². The molecule has 0 spiro atoms. The number of carbonyl (C=O) groups is 1. The molecule has 0 aliphatic rings. The molecule has 0 atom stereocenters. The van der Waals surface area contributed by atoms with Gasteiger partial charge in [-0.3, -0.25) is 4.79 Å². The Labute approximate surface area is 155 Å². The number of hydrogen-bond donors (Lipinski definition) is 2. The van der Waals surface area contributed by atoms with Crippen LogP contribution in [0.4, 0.5) is 0 Å². The zero-order valence-electron chi connectivity index (χ0n) is 15.2. The number of nitrogens with two attached hydrogens (primary N) is 1. The summed E-state index contributed by atoms with van der Waals surface area (Å²) in [5.41, 5.74) is 3.22. The van der Waals surface area contributed by atoms with Crippen LogP contribution in [-0.2, 0) is 34.1 Å². The summed E-state index contributed by atoms with van der Waals surface area (Å²) in [7, 11) is -3.67. The first-order valence-corrected chi connectivity index (χ1v) is 10.2. The summed E-state index contributed by atoms with van der Waals surface area (Å²) < 4.78 is 22.4. The molecule has 0 unspecified atom stereocenters. The van der Waals surface area contributed by atoms with E-state index < -0.39 is 10.0 Å². The first kappa shape index (κ1) is 20.1. The van der Waals surface area contributed by atoms with Crippen LogP contribution >= 0.6 is 0 Å². The summed E-state index contributed by atoms with van der Waals surface area (Å²) in [6.07, 6.45) is 2.02. The number of carbonyl (C=O) groups excluding carboxylic acids is 1. The van der Waals surface area contributed by atoms with Gasteiger partial charge in [-0.25, -0.2) is 13.6 Å². The molecule has 2 rings (SSSR count). The maximum absolute atomic E-state index is 12.0. The molecule has 3 N–H and O–H groups in total. The van der Waals surface area contributed by atoms with E-state index >= 15 is 0 Å². The second-order valence-corrected chi connectivity index (χ2v) is 8.44. The lowest BCUT2D eigenvalue weighted by Gasteiger charge is -2.08. The fraction of sp³-hybridized carbons (Fsp3) is 0.350. The van der Waals surface area contributed by atoms with Gasteiger partial charge in [0.25, 0.3) is 0 Å². The molecule has 0 radical (unpaired) electrons. The zero-order valence-corrected chi connectivity index (χ0v) is 16.1. The van der Waals surface area contributed by atoms with Crippen molar-refractivity contribution in [1.29, 1.82) is 0 Å². The van der Waals surface area contributed by atoms with Crippen LogP contribution in [0.1, 0.15) is 30.5 Å². The molecule has 0 heterocycles. The largest absolute Gasteiger partial charge is 0.355 e. The van der Waals surface area contributed by atoms with E-state index in [2.05, 4.69) is 31.3 Å². The van der Waals surface area contributed by atoms with Crippen molar-refractivity contribution in [2.45, 2.75) is 38.0 Å². The van der Waals surface area contributed by atoms with Gasteiger partial charge in [0.2, 0.25) is 15.9 Å². The van der Waals surface area contributed by atoms with Crippen LogP contribution in [0.5, 0.6) is 0 Å². The van der Waals surface area contributed by atoms with Crippen LogP contribution in [-0.4, -0.2) is 20.9 Å². The van der Waals surface area contributed by atoms with E-state index in [4.69, 9.17) is 5.14 Å². The zero-order chi connectivity index (χ0) is 19.2. The van der Waals surface area contributed by atoms with Crippen molar-refractivity contribution in [3.63, 3.8) is 0 Å². The summed E-state index contributed by atoms with van der Waals surface area (Å²) in [4.78, 5) is 12.1. The molecule has 6 heteroatoms. The van der Waals surface area contributed by atoms with Gasteiger partial charge in [-0.05, 0) is 47.6 Å². The standard InChI is InChI=1S/C20H26N2O3S/c1-15(2)13-17-3-5-18(6-4-17)14-20(23)22-12-11-16-7-9-19(10-8-16)26(21,24)25/h3-10,15H,11-14H2,1-2H3,(H,22,23)(H2,21,24,25). The van der Waals surface area contributed by atoms with Crippen molar-refractivity contribution in [1.82, 2.24) is 5.32 Å². The third kappa shape index (κ3) is 6.61. The minimum absolute atomic E-state index is 0.0252. The van der Waals surface area contributed by atoms with Crippen molar-refractivity contribution in [3.05, 3.63) is 65.2 Å². The second-order valence-electron chi connectivity index (χ2n) is 6.88. The predicted octanol–water partition coefficient (Wildman–Crippen LogP) is 2.43. The highest BCUT2D eigenvalue weighted by atomic mass is 32.2. The molecule has 0 aromatic heterocycles. The number of amides is 1. The molecular formula is C20H26N2O3S. The van der Waals surface area contributed by atoms with E-state index in [9.17, 15) is 13.2 Å². The van der Waals surface area contributed by atoms with Crippen LogP contribution in [0.25, 0.3) is 0 Å². The van der Waals surface area contributed by atoms with E-state index in [1.165, 1.54) is 17.7 Å². The molecule has 26 heavy (non-hydrogen) atoms. The van der Waals surface area contributed by atoms with Gasteiger partial charge in [-0.2, -0.15) is 0 Å². The van der Waals surface area contributed by atoms with Gasteiger partial charge in [-0.1, -0.05) is 50.2 Å². The normalized spacial score (nSPS) is 11.5. The highest BCUT2D eigenvalue weighted by molar-refractivity contribution is 7.89. The maximum atomic E-state index is 12.0. The Morgan fingerprint density at radius 1 is 0.962 bits per heavy atom. The van der Waals surface area contributed by atoms with Crippen molar-refractivity contribution in [2.75, 3.05) is 6.54 Å². The summed E-state index contributed by atoms with van der Waals surface area (Å²) >= 11 is 0. The third-order valence-electron chi connectivity index (χ3n) is 4.02. The molecule has 0 fully saturated rings. The van der Waals surface area contributed by atoms with Gasteiger partial charge in [0.05, 0.1) is 11.3 Å². The smallest absolute Gasteiger partial charge is 0.238 e. The van der Waals surface area contributed by atoms with E-state index in [0.29, 0.717) is 25.3 Å². The van der Waals surface area contributed by atoms with Crippen LogP contribution < -0.4 is 10.5 Å². The molecule has 2 aromatic rings. The van der Waals surface area contributed by atoms with Crippen molar-refractivity contribution in [3.8, 4) is 0 Å². The van der Waals surface area contributed by atoms with Gasteiger partial charge in [0, 0.05) is 6.54 Å².